The van der Waals surface area contributed by atoms with E-state index in [1.54, 1.807) is 42.5 Å². The molecule has 0 aromatic heterocycles. The van der Waals surface area contributed by atoms with E-state index in [0.717, 1.165) is 50.5 Å². The van der Waals surface area contributed by atoms with E-state index in [0.29, 0.717) is 41.4 Å². The highest BCUT2D eigenvalue weighted by atomic mass is 19.2. The number of aryl methyl sites for hydroxylation is 1. The first-order chi connectivity index (χ1) is 20.0. The summed E-state index contributed by atoms with van der Waals surface area (Å²) in [7, 11) is 0. The Morgan fingerprint density at radius 2 is 1.29 bits per heavy atom. The van der Waals surface area contributed by atoms with Gasteiger partial charge >= 0.3 is 0 Å². The third-order valence-corrected chi connectivity index (χ3v) is 8.68. The van der Waals surface area contributed by atoms with E-state index in [-0.39, 0.29) is 17.3 Å². The van der Waals surface area contributed by atoms with Crippen LogP contribution in [-0.4, -0.2) is 12.7 Å². The fraction of sp³-hybridized carbons (Fsp3) is 0.514. The van der Waals surface area contributed by atoms with Crippen LogP contribution in [0.15, 0.2) is 54.6 Å². The predicted molar refractivity (Wildman–Crippen MR) is 165 cm³/mol. The molecular formula is C37H47F3O. The van der Waals surface area contributed by atoms with Crippen LogP contribution in [0.2, 0.25) is 0 Å². The summed E-state index contributed by atoms with van der Waals surface area (Å²) < 4.78 is 51.1. The molecule has 0 radical (unpaired) electrons. The molecule has 4 heteroatoms. The van der Waals surface area contributed by atoms with Gasteiger partial charge in [0.1, 0.15) is 5.82 Å². The summed E-state index contributed by atoms with van der Waals surface area (Å²) in [6.07, 6.45) is 15.8. The lowest BCUT2D eigenvalue weighted by atomic mass is 9.89. The van der Waals surface area contributed by atoms with E-state index < -0.39 is 11.6 Å². The second-order valence-corrected chi connectivity index (χ2v) is 11.8. The average molecular weight is 565 g/mol. The molecule has 3 aromatic carbocycles. The fourth-order valence-electron chi connectivity index (χ4n) is 6.05. The third kappa shape index (κ3) is 8.70. The molecular weight excluding hydrogens is 517 g/mol. The van der Waals surface area contributed by atoms with Crippen LogP contribution in [0.5, 0.6) is 0 Å². The molecule has 1 heterocycles. The Bertz CT molecular complexity index is 1210. The van der Waals surface area contributed by atoms with Crippen molar-refractivity contribution in [2.24, 2.45) is 0 Å². The standard InChI is InChI=1S/C37H47F3O/c1-3-5-7-9-11-13-29-20-24-34(37(40)36(29)39)28-17-15-27(16-18-28)33-23-21-30(25-35(33)38)31-19-22-32(41-26-31)14-12-10-8-6-4-2/h15-18,20-21,23-25,31-32H,3-14,19,22,26H2,1-2H3. The van der Waals surface area contributed by atoms with Crippen molar-refractivity contribution in [1.29, 1.82) is 0 Å². The number of hydrogen-bond donors (Lipinski definition) is 0. The van der Waals surface area contributed by atoms with E-state index in [4.69, 9.17) is 4.74 Å². The van der Waals surface area contributed by atoms with Crippen LogP contribution in [-0.2, 0) is 11.2 Å². The molecule has 41 heavy (non-hydrogen) atoms. The number of hydrogen-bond acceptors (Lipinski definition) is 1. The molecule has 1 aliphatic heterocycles. The van der Waals surface area contributed by atoms with Crippen molar-refractivity contribution in [3.63, 3.8) is 0 Å². The topological polar surface area (TPSA) is 9.23 Å². The Balaban J connectivity index is 1.34. The molecule has 0 spiro atoms. The van der Waals surface area contributed by atoms with Crippen molar-refractivity contribution in [3.05, 3.63) is 83.2 Å². The number of halogens is 3. The first kappa shape index (κ1) is 31.3. The van der Waals surface area contributed by atoms with E-state index >= 15 is 4.39 Å². The van der Waals surface area contributed by atoms with Crippen molar-refractivity contribution in [1.82, 2.24) is 0 Å². The second kappa shape index (κ2) is 16.2. The van der Waals surface area contributed by atoms with E-state index in [9.17, 15) is 8.78 Å². The normalized spacial score (nSPS) is 17.2. The van der Waals surface area contributed by atoms with Gasteiger partial charge in [-0.1, -0.05) is 120 Å². The van der Waals surface area contributed by atoms with Gasteiger partial charge in [0.2, 0.25) is 0 Å². The van der Waals surface area contributed by atoms with Gasteiger partial charge in [-0.15, -0.1) is 0 Å². The van der Waals surface area contributed by atoms with Crippen molar-refractivity contribution < 1.29 is 17.9 Å². The van der Waals surface area contributed by atoms with Gasteiger partial charge in [0.15, 0.2) is 11.6 Å². The molecule has 4 rings (SSSR count). The van der Waals surface area contributed by atoms with Gasteiger partial charge in [-0.2, -0.15) is 0 Å². The minimum atomic E-state index is -0.812. The lowest BCUT2D eigenvalue weighted by Crippen LogP contribution is -2.24. The minimum Gasteiger partial charge on any atom is -0.378 e. The van der Waals surface area contributed by atoms with Crippen LogP contribution < -0.4 is 0 Å². The number of benzene rings is 3. The summed E-state index contributed by atoms with van der Waals surface area (Å²) in [4.78, 5) is 0. The molecule has 2 atom stereocenters. The third-order valence-electron chi connectivity index (χ3n) is 8.68. The monoisotopic (exact) mass is 564 g/mol. The molecule has 222 valence electrons. The van der Waals surface area contributed by atoms with E-state index in [1.165, 1.54) is 38.5 Å². The maximum Gasteiger partial charge on any atom is 0.166 e. The summed E-state index contributed by atoms with van der Waals surface area (Å²) >= 11 is 0. The molecule has 0 aliphatic carbocycles. The van der Waals surface area contributed by atoms with Crippen molar-refractivity contribution >= 4 is 0 Å². The van der Waals surface area contributed by atoms with Crippen LogP contribution >= 0.6 is 0 Å². The summed E-state index contributed by atoms with van der Waals surface area (Å²) in [6, 6.07) is 15.9. The molecule has 1 saturated heterocycles. The largest absolute Gasteiger partial charge is 0.378 e. The minimum absolute atomic E-state index is 0.217. The van der Waals surface area contributed by atoms with Crippen LogP contribution in [0, 0.1) is 17.5 Å². The highest BCUT2D eigenvalue weighted by molar-refractivity contribution is 5.71. The molecule has 0 amide bonds. The zero-order chi connectivity index (χ0) is 29.0. The van der Waals surface area contributed by atoms with Crippen LogP contribution in [0.4, 0.5) is 13.2 Å². The highest BCUT2D eigenvalue weighted by Crippen LogP contribution is 2.34. The smallest absolute Gasteiger partial charge is 0.166 e. The molecule has 1 fully saturated rings. The Morgan fingerprint density at radius 1 is 0.659 bits per heavy atom. The van der Waals surface area contributed by atoms with Gasteiger partial charge in [0, 0.05) is 17.0 Å². The molecule has 2 unspecified atom stereocenters. The van der Waals surface area contributed by atoms with Crippen LogP contribution in [0.25, 0.3) is 22.3 Å². The molecule has 0 N–H and O–H groups in total. The van der Waals surface area contributed by atoms with Crippen molar-refractivity contribution in [3.8, 4) is 22.3 Å². The molecule has 0 bridgehead atoms. The van der Waals surface area contributed by atoms with Crippen LogP contribution in [0.1, 0.15) is 114 Å². The van der Waals surface area contributed by atoms with E-state index in [2.05, 4.69) is 13.8 Å². The molecule has 0 saturated carbocycles. The molecule has 1 nitrogen and oxygen atoms in total. The van der Waals surface area contributed by atoms with Gasteiger partial charge in [-0.25, -0.2) is 13.2 Å². The maximum absolute atomic E-state index is 15.2. The first-order valence-electron chi connectivity index (χ1n) is 16.0. The van der Waals surface area contributed by atoms with E-state index in [1.807, 2.05) is 12.1 Å². The quantitative estimate of drug-likeness (QED) is 0.167. The van der Waals surface area contributed by atoms with Gasteiger partial charge < -0.3 is 4.74 Å². The zero-order valence-electron chi connectivity index (χ0n) is 25.0. The van der Waals surface area contributed by atoms with Gasteiger partial charge in [-0.05, 0) is 60.4 Å². The Labute approximate surface area is 245 Å². The summed E-state index contributed by atoms with van der Waals surface area (Å²) in [5, 5.41) is 0. The first-order valence-corrected chi connectivity index (χ1v) is 16.0. The summed E-state index contributed by atoms with van der Waals surface area (Å²) in [5.41, 5.74) is 3.44. The Hall–Kier alpha value is -2.59. The average Bonchev–Trinajstić information content (AvgIpc) is 2.99. The van der Waals surface area contributed by atoms with Crippen molar-refractivity contribution in [2.45, 2.75) is 116 Å². The maximum atomic E-state index is 15.2. The van der Waals surface area contributed by atoms with Gasteiger partial charge in [0.25, 0.3) is 0 Å². The summed E-state index contributed by atoms with van der Waals surface area (Å²) in [6.45, 7) is 5.04. The lowest BCUT2D eigenvalue weighted by Gasteiger charge is -2.29. The zero-order valence-corrected chi connectivity index (χ0v) is 25.0. The van der Waals surface area contributed by atoms with Crippen molar-refractivity contribution in [2.75, 3.05) is 6.61 Å². The predicted octanol–water partition coefficient (Wildman–Crippen LogP) is 11.6. The molecule has 3 aromatic rings. The number of ether oxygens (including phenoxy) is 1. The molecule has 1 aliphatic rings. The van der Waals surface area contributed by atoms with Gasteiger partial charge in [-0.3, -0.25) is 0 Å². The Kier molecular flexibility index (Phi) is 12.4. The highest BCUT2D eigenvalue weighted by Gasteiger charge is 2.23. The lowest BCUT2D eigenvalue weighted by molar-refractivity contribution is -0.00217. The van der Waals surface area contributed by atoms with Crippen LogP contribution in [0.3, 0.4) is 0 Å². The second-order valence-electron chi connectivity index (χ2n) is 11.8. The number of rotatable bonds is 15. The SMILES string of the molecule is CCCCCCCc1ccc(-c2ccc(-c3ccc(C4CCC(CCCCCCC)OC4)cc3F)cc2)c(F)c1F. The van der Waals surface area contributed by atoms with Gasteiger partial charge in [0.05, 0.1) is 12.7 Å². The fourth-order valence-corrected chi connectivity index (χ4v) is 6.05. The summed E-state index contributed by atoms with van der Waals surface area (Å²) in [5.74, 6) is -1.62. The Morgan fingerprint density at radius 3 is 1.93 bits per heavy atom. The number of unbranched alkanes of at least 4 members (excludes halogenated alkanes) is 8.